The lowest BCUT2D eigenvalue weighted by Gasteiger charge is -2.16. The van der Waals surface area contributed by atoms with Gasteiger partial charge in [-0.3, -0.25) is 4.79 Å². The van der Waals surface area contributed by atoms with Crippen molar-refractivity contribution in [1.82, 2.24) is 9.66 Å². The lowest BCUT2D eigenvalue weighted by molar-refractivity contribution is 0.207. The van der Waals surface area contributed by atoms with Gasteiger partial charge in [-0.25, -0.2) is 4.98 Å². The predicted molar refractivity (Wildman–Crippen MR) is 129 cm³/mol. The maximum atomic E-state index is 13.2. The van der Waals surface area contributed by atoms with Crippen molar-refractivity contribution in [1.29, 1.82) is 0 Å². The second-order valence-corrected chi connectivity index (χ2v) is 8.46. The van der Waals surface area contributed by atoms with E-state index in [1.165, 1.54) is 4.68 Å². The molecule has 0 spiro atoms. The first-order valence-electron chi connectivity index (χ1n) is 10.5. The molecule has 7 heteroatoms. The van der Waals surface area contributed by atoms with Gasteiger partial charge in [0.1, 0.15) is 5.82 Å². The van der Waals surface area contributed by atoms with Crippen LogP contribution in [-0.4, -0.2) is 29.1 Å². The van der Waals surface area contributed by atoms with Gasteiger partial charge in [0.15, 0.2) is 11.5 Å². The van der Waals surface area contributed by atoms with Gasteiger partial charge >= 0.3 is 0 Å². The quantitative estimate of drug-likeness (QED) is 0.381. The van der Waals surface area contributed by atoms with E-state index in [2.05, 4.69) is 34.9 Å². The summed E-state index contributed by atoms with van der Waals surface area (Å²) in [6.45, 7) is 8.20. The molecule has 3 rings (SSSR count). The van der Waals surface area contributed by atoms with E-state index in [1.807, 2.05) is 44.2 Å². The van der Waals surface area contributed by atoms with E-state index in [0.717, 1.165) is 22.9 Å². The monoisotopic (exact) mass is 485 g/mol. The Kier molecular flexibility index (Phi) is 7.49. The van der Waals surface area contributed by atoms with Crippen molar-refractivity contribution in [3.8, 4) is 11.5 Å². The standard InChI is InChI=1S/C24H28BrN3O3/c1-6-15(3)23-27-20-10-9-18(25)13-19(20)24(29)28(23)26-14-17-8-11-21(22(12-17)30-5)31-16(4)7-2/h8-16H,6-7H2,1-5H3/t15-,16-/m0/s1. The van der Waals surface area contributed by atoms with Crippen LogP contribution in [0.25, 0.3) is 10.9 Å². The fourth-order valence-electron chi connectivity index (χ4n) is 3.07. The molecule has 0 bridgehead atoms. The molecule has 0 saturated carbocycles. The van der Waals surface area contributed by atoms with Crippen LogP contribution < -0.4 is 15.0 Å². The van der Waals surface area contributed by atoms with Crippen molar-refractivity contribution < 1.29 is 9.47 Å². The number of ether oxygens (including phenoxy) is 2. The first-order chi connectivity index (χ1) is 14.9. The maximum Gasteiger partial charge on any atom is 0.282 e. The average Bonchev–Trinajstić information content (AvgIpc) is 2.78. The number of hydrogen-bond acceptors (Lipinski definition) is 5. The molecule has 164 valence electrons. The molecule has 2 atom stereocenters. The molecule has 0 unspecified atom stereocenters. The van der Waals surface area contributed by atoms with E-state index in [9.17, 15) is 4.79 Å². The molecule has 0 aliphatic rings. The average molecular weight is 486 g/mol. The Labute approximate surface area is 191 Å². The molecule has 0 fully saturated rings. The van der Waals surface area contributed by atoms with Gasteiger partial charge in [-0.15, -0.1) is 0 Å². The largest absolute Gasteiger partial charge is 0.493 e. The fourth-order valence-corrected chi connectivity index (χ4v) is 3.43. The topological polar surface area (TPSA) is 65.7 Å². The highest BCUT2D eigenvalue weighted by molar-refractivity contribution is 9.10. The summed E-state index contributed by atoms with van der Waals surface area (Å²) >= 11 is 3.43. The number of fused-ring (bicyclic) bond motifs is 1. The number of nitrogens with zero attached hydrogens (tertiary/aromatic N) is 3. The Hall–Kier alpha value is -2.67. The molecule has 31 heavy (non-hydrogen) atoms. The highest BCUT2D eigenvalue weighted by atomic mass is 79.9. The van der Waals surface area contributed by atoms with E-state index < -0.39 is 0 Å². The van der Waals surface area contributed by atoms with Crippen LogP contribution >= 0.6 is 15.9 Å². The molecular weight excluding hydrogens is 458 g/mol. The Morgan fingerprint density at radius 2 is 1.90 bits per heavy atom. The van der Waals surface area contributed by atoms with Gasteiger partial charge in [0, 0.05) is 10.4 Å². The molecule has 0 aliphatic heterocycles. The minimum absolute atomic E-state index is 0.0822. The zero-order chi connectivity index (χ0) is 22.5. The van der Waals surface area contributed by atoms with Crippen LogP contribution in [0.5, 0.6) is 11.5 Å². The summed E-state index contributed by atoms with van der Waals surface area (Å²) < 4.78 is 13.6. The van der Waals surface area contributed by atoms with Gasteiger partial charge in [-0.05, 0) is 61.7 Å². The number of benzene rings is 2. The van der Waals surface area contributed by atoms with Crippen molar-refractivity contribution in [2.24, 2.45) is 5.10 Å². The zero-order valence-corrected chi connectivity index (χ0v) is 20.1. The van der Waals surface area contributed by atoms with Gasteiger partial charge in [0.2, 0.25) is 0 Å². The van der Waals surface area contributed by atoms with E-state index in [1.54, 1.807) is 19.4 Å². The summed E-state index contributed by atoms with van der Waals surface area (Å²) in [5, 5.41) is 5.03. The molecule has 0 amide bonds. The summed E-state index contributed by atoms with van der Waals surface area (Å²) in [7, 11) is 1.61. The van der Waals surface area contributed by atoms with Crippen molar-refractivity contribution in [3.05, 3.63) is 62.6 Å². The van der Waals surface area contributed by atoms with Crippen molar-refractivity contribution in [3.63, 3.8) is 0 Å². The molecule has 0 aliphatic carbocycles. The normalized spacial score (nSPS) is 13.5. The smallest absolute Gasteiger partial charge is 0.282 e. The highest BCUT2D eigenvalue weighted by Gasteiger charge is 2.16. The summed E-state index contributed by atoms with van der Waals surface area (Å²) in [6.07, 6.45) is 3.49. The maximum absolute atomic E-state index is 13.2. The number of halogens is 1. The van der Waals surface area contributed by atoms with E-state index in [4.69, 9.17) is 14.5 Å². The van der Waals surface area contributed by atoms with Crippen LogP contribution in [0, 0.1) is 0 Å². The Morgan fingerprint density at radius 1 is 1.13 bits per heavy atom. The molecule has 0 radical (unpaired) electrons. The number of rotatable bonds is 8. The predicted octanol–water partition coefficient (Wildman–Crippen LogP) is 5.74. The number of aromatic nitrogens is 2. The van der Waals surface area contributed by atoms with Gasteiger partial charge in [-0.2, -0.15) is 9.78 Å². The summed E-state index contributed by atoms with van der Waals surface area (Å²) in [4.78, 5) is 18.0. The Balaban J connectivity index is 2.06. The number of hydrogen-bond donors (Lipinski definition) is 0. The molecule has 0 saturated heterocycles. The summed E-state index contributed by atoms with van der Waals surface area (Å²) in [6, 6.07) is 11.1. The van der Waals surface area contributed by atoms with E-state index >= 15 is 0 Å². The molecule has 0 N–H and O–H groups in total. The minimum Gasteiger partial charge on any atom is -0.493 e. The van der Waals surface area contributed by atoms with Crippen LogP contribution in [0.3, 0.4) is 0 Å². The highest BCUT2D eigenvalue weighted by Crippen LogP contribution is 2.29. The Bertz CT molecular complexity index is 1160. The van der Waals surface area contributed by atoms with Crippen molar-refractivity contribution in [2.75, 3.05) is 7.11 Å². The molecule has 3 aromatic rings. The second-order valence-electron chi connectivity index (χ2n) is 7.55. The first-order valence-corrected chi connectivity index (χ1v) is 11.3. The van der Waals surface area contributed by atoms with E-state index in [0.29, 0.717) is 28.2 Å². The third-order valence-electron chi connectivity index (χ3n) is 5.30. The zero-order valence-electron chi connectivity index (χ0n) is 18.6. The van der Waals surface area contributed by atoms with Crippen LogP contribution in [-0.2, 0) is 0 Å². The summed E-state index contributed by atoms with van der Waals surface area (Å²) in [5.74, 6) is 2.03. The van der Waals surface area contributed by atoms with E-state index in [-0.39, 0.29) is 17.6 Å². The lowest BCUT2D eigenvalue weighted by Crippen LogP contribution is -2.23. The molecule has 6 nitrogen and oxygen atoms in total. The first kappa shape index (κ1) is 23.0. The Morgan fingerprint density at radius 3 is 2.58 bits per heavy atom. The fraction of sp³-hybridized carbons (Fsp3) is 0.375. The van der Waals surface area contributed by atoms with Gasteiger partial charge in [-0.1, -0.05) is 36.7 Å². The third-order valence-corrected chi connectivity index (χ3v) is 5.79. The molecule has 1 heterocycles. The van der Waals surface area contributed by atoms with Gasteiger partial charge in [0.05, 0.1) is 30.3 Å². The van der Waals surface area contributed by atoms with Crippen LogP contribution in [0.1, 0.15) is 57.8 Å². The van der Waals surface area contributed by atoms with Gasteiger partial charge in [0.25, 0.3) is 5.56 Å². The summed E-state index contributed by atoms with van der Waals surface area (Å²) in [5.41, 5.74) is 1.27. The van der Waals surface area contributed by atoms with Crippen molar-refractivity contribution >= 4 is 33.0 Å². The van der Waals surface area contributed by atoms with Gasteiger partial charge < -0.3 is 9.47 Å². The SMILES string of the molecule is CC[C@H](C)Oc1ccc(C=Nn2c([C@@H](C)CC)nc3ccc(Br)cc3c2=O)cc1OC. The van der Waals surface area contributed by atoms with Crippen LogP contribution in [0.2, 0.25) is 0 Å². The number of methoxy groups -OCH3 is 1. The lowest BCUT2D eigenvalue weighted by atomic mass is 10.1. The third kappa shape index (κ3) is 5.15. The molecular formula is C24H28BrN3O3. The second kappa shape index (κ2) is 10.1. The molecule has 2 aromatic carbocycles. The minimum atomic E-state index is -0.193. The van der Waals surface area contributed by atoms with Crippen LogP contribution in [0.15, 0.2) is 50.8 Å². The van der Waals surface area contributed by atoms with Crippen LogP contribution in [0.4, 0.5) is 0 Å². The molecule has 1 aromatic heterocycles. The van der Waals surface area contributed by atoms with Crippen molar-refractivity contribution in [2.45, 2.75) is 52.6 Å².